The number of para-hydroxylation sites is 5. The average molecular weight is 570 g/mol. The Kier molecular flexibility index (Phi) is 4.64. The maximum Gasteiger partial charge on any atom is 0.333 e. The zero-order chi connectivity index (χ0) is 28.2. The lowest BCUT2D eigenvalue weighted by molar-refractivity contribution is 0.455. The maximum absolute atomic E-state index is 6.55. The number of nitrogens with zero attached hydrogens (tertiary/aromatic N) is 2. The molecule has 4 aliphatic rings. The SMILES string of the molecule is Cc1cc2c3c(c1)N1c4ccccc4Oc4cccc(c41)B3N(c1ccccc1)c1cc3c(cc1-2)Oc1ccccc1S3. The second-order valence-corrected chi connectivity index (χ2v) is 12.5. The largest absolute Gasteiger partial charge is 0.455 e. The van der Waals surface area contributed by atoms with Crippen LogP contribution < -0.4 is 30.1 Å². The van der Waals surface area contributed by atoms with Crippen LogP contribution in [0.2, 0.25) is 0 Å². The summed E-state index contributed by atoms with van der Waals surface area (Å²) in [6.45, 7) is 2.16. The highest BCUT2D eigenvalue weighted by Crippen LogP contribution is 2.56. The Morgan fingerprint density at radius 1 is 0.581 bits per heavy atom. The highest BCUT2D eigenvalue weighted by Gasteiger charge is 2.47. The number of benzene rings is 6. The van der Waals surface area contributed by atoms with Crippen LogP contribution >= 0.6 is 11.8 Å². The van der Waals surface area contributed by atoms with Crippen molar-refractivity contribution in [2.45, 2.75) is 16.7 Å². The average Bonchev–Trinajstić information content (AvgIpc) is 3.04. The smallest absolute Gasteiger partial charge is 0.333 e. The molecule has 10 rings (SSSR count). The summed E-state index contributed by atoms with van der Waals surface area (Å²) in [5.41, 5.74) is 11.9. The first-order valence-corrected chi connectivity index (χ1v) is 15.4. The second kappa shape index (κ2) is 8.49. The van der Waals surface area contributed by atoms with Crippen LogP contribution in [0.4, 0.5) is 28.4 Å². The molecule has 0 bridgehead atoms. The number of hydrogen-bond acceptors (Lipinski definition) is 5. The summed E-state index contributed by atoms with van der Waals surface area (Å²) in [5.74, 6) is 3.57. The van der Waals surface area contributed by atoms with Gasteiger partial charge in [0.25, 0.3) is 0 Å². The summed E-state index contributed by atoms with van der Waals surface area (Å²) < 4.78 is 13.1. The Labute approximate surface area is 254 Å². The van der Waals surface area contributed by atoms with Crippen LogP contribution in [0.3, 0.4) is 0 Å². The molecule has 202 valence electrons. The van der Waals surface area contributed by atoms with Gasteiger partial charge in [-0.25, -0.2) is 0 Å². The third kappa shape index (κ3) is 3.19. The van der Waals surface area contributed by atoms with E-state index >= 15 is 0 Å². The standard InChI is InChI=1S/C37H23BN2O2S/c1-22-18-25-24-20-33-35(43-34-17-8-7-15-31(34)42-33)21-28(24)40(23-10-3-2-4-11-23)38-26-12-9-16-32-37(26)39(29(19-22)36(25)38)27-13-5-6-14-30(27)41-32/h2-21H,1H3. The van der Waals surface area contributed by atoms with Crippen molar-refractivity contribution in [1.82, 2.24) is 0 Å². The second-order valence-electron chi connectivity index (χ2n) is 11.4. The van der Waals surface area contributed by atoms with Gasteiger partial charge in [-0.05, 0) is 89.6 Å². The minimum absolute atomic E-state index is 0.0413. The lowest BCUT2D eigenvalue weighted by Gasteiger charge is -2.47. The highest BCUT2D eigenvalue weighted by molar-refractivity contribution is 7.99. The lowest BCUT2D eigenvalue weighted by atomic mass is 9.43. The van der Waals surface area contributed by atoms with Crippen molar-refractivity contribution in [3.05, 3.63) is 127 Å². The molecule has 0 saturated heterocycles. The van der Waals surface area contributed by atoms with Gasteiger partial charge < -0.3 is 19.2 Å². The molecule has 0 saturated carbocycles. The molecule has 0 spiro atoms. The molecule has 43 heavy (non-hydrogen) atoms. The van der Waals surface area contributed by atoms with E-state index in [1.807, 2.05) is 12.1 Å². The van der Waals surface area contributed by atoms with Gasteiger partial charge in [-0.3, -0.25) is 0 Å². The molecule has 6 aromatic carbocycles. The Morgan fingerprint density at radius 3 is 2.26 bits per heavy atom. The van der Waals surface area contributed by atoms with Crippen molar-refractivity contribution in [2.24, 2.45) is 0 Å². The lowest BCUT2D eigenvalue weighted by Crippen LogP contribution is -2.61. The van der Waals surface area contributed by atoms with Crippen molar-refractivity contribution in [1.29, 1.82) is 0 Å². The summed E-state index contributed by atoms with van der Waals surface area (Å²) in [4.78, 5) is 7.20. The van der Waals surface area contributed by atoms with Gasteiger partial charge in [0.1, 0.15) is 11.5 Å². The van der Waals surface area contributed by atoms with Crippen molar-refractivity contribution in [3.8, 4) is 34.1 Å². The van der Waals surface area contributed by atoms with Gasteiger partial charge in [0, 0.05) is 22.6 Å². The Hall–Kier alpha value is -5.07. The fraction of sp³-hybridized carbons (Fsp3) is 0.0270. The Bertz CT molecular complexity index is 2170. The molecule has 4 aliphatic heterocycles. The van der Waals surface area contributed by atoms with E-state index in [9.17, 15) is 0 Å². The van der Waals surface area contributed by atoms with Gasteiger partial charge in [0.05, 0.1) is 21.2 Å². The minimum atomic E-state index is -0.0413. The molecular formula is C37H23BN2O2S. The fourth-order valence-electron chi connectivity index (χ4n) is 7.19. The molecule has 0 fully saturated rings. The molecule has 0 aliphatic carbocycles. The van der Waals surface area contributed by atoms with Gasteiger partial charge in [-0.2, -0.15) is 0 Å². The van der Waals surface area contributed by atoms with E-state index in [2.05, 4.69) is 126 Å². The van der Waals surface area contributed by atoms with Crippen LogP contribution in [0.1, 0.15) is 5.56 Å². The predicted molar refractivity (Wildman–Crippen MR) is 176 cm³/mol. The first-order chi connectivity index (χ1) is 21.2. The minimum Gasteiger partial charge on any atom is -0.455 e. The normalized spacial score (nSPS) is 14.3. The maximum atomic E-state index is 6.55. The summed E-state index contributed by atoms with van der Waals surface area (Å²) in [7, 11) is 0. The molecule has 6 heteroatoms. The van der Waals surface area contributed by atoms with Crippen LogP contribution in [0.15, 0.2) is 131 Å². The van der Waals surface area contributed by atoms with E-state index in [0.29, 0.717) is 0 Å². The highest BCUT2D eigenvalue weighted by atomic mass is 32.2. The molecule has 0 amide bonds. The predicted octanol–water partition coefficient (Wildman–Crippen LogP) is 9.07. The monoisotopic (exact) mass is 570 g/mol. The zero-order valence-electron chi connectivity index (χ0n) is 23.2. The number of fused-ring (bicyclic) bond motifs is 8. The summed E-state index contributed by atoms with van der Waals surface area (Å²) in [6, 6.07) is 43.2. The number of ether oxygens (including phenoxy) is 2. The van der Waals surface area contributed by atoms with Crippen molar-refractivity contribution in [3.63, 3.8) is 0 Å². The molecule has 0 atom stereocenters. The Morgan fingerprint density at radius 2 is 1.35 bits per heavy atom. The van der Waals surface area contributed by atoms with Gasteiger partial charge in [-0.15, -0.1) is 0 Å². The van der Waals surface area contributed by atoms with E-state index in [4.69, 9.17) is 9.47 Å². The molecule has 6 aromatic rings. The molecule has 0 N–H and O–H groups in total. The number of anilines is 5. The van der Waals surface area contributed by atoms with Crippen molar-refractivity contribution < 1.29 is 9.47 Å². The first-order valence-electron chi connectivity index (χ1n) is 14.5. The van der Waals surface area contributed by atoms with Crippen LogP contribution in [0, 0.1) is 6.92 Å². The van der Waals surface area contributed by atoms with Gasteiger partial charge in [0.15, 0.2) is 11.5 Å². The van der Waals surface area contributed by atoms with Crippen molar-refractivity contribution >= 4 is 58.0 Å². The molecule has 4 nitrogen and oxygen atoms in total. The van der Waals surface area contributed by atoms with E-state index in [-0.39, 0.29) is 6.85 Å². The quantitative estimate of drug-likeness (QED) is 0.183. The summed E-state index contributed by atoms with van der Waals surface area (Å²) in [5, 5.41) is 0. The number of aryl methyl sites for hydroxylation is 1. The Balaban J connectivity index is 1.31. The molecular weight excluding hydrogens is 547 g/mol. The van der Waals surface area contributed by atoms with E-state index in [1.54, 1.807) is 11.8 Å². The van der Waals surface area contributed by atoms with Gasteiger partial charge in [-0.1, -0.05) is 72.4 Å². The number of rotatable bonds is 1. The molecule has 0 aromatic heterocycles. The third-order valence-corrected chi connectivity index (χ3v) is 9.98. The van der Waals surface area contributed by atoms with E-state index in [1.165, 1.54) is 39.0 Å². The number of hydrogen-bond donors (Lipinski definition) is 0. The zero-order valence-corrected chi connectivity index (χ0v) is 24.1. The van der Waals surface area contributed by atoms with Gasteiger partial charge in [0.2, 0.25) is 0 Å². The van der Waals surface area contributed by atoms with Crippen LogP contribution in [-0.4, -0.2) is 6.85 Å². The van der Waals surface area contributed by atoms with Crippen LogP contribution in [0.25, 0.3) is 11.1 Å². The van der Waals surface area contributed by atoms with E-state index in [0.717, 1.165) is 49.9 Å². The molecule has 4 heterocycles. The molecule has 0 unspecified atom stereocenters. The summed E-state index contributed by atoms with van der Waals surface area (Å²) >= 11 is 1.78. The first kappa shape index (κ1) is 23.5. The topological polar surface area (TPSA) is 24.9 Å². The van der Waals surface area contributed by atoms with Gasteiger partial charge >= 0.3 is 6.85 Å². The summed E-state index contributed by atoms with van der Waals surface area (Å²) in [6.07, 6.45) is 0. The van der Waals surface area contributed by atoms with Crippen LogP contribution in [0.5, 0.6) is 23.0 Å². The van der Waals surface area contributed by atoms with E-state index < -0.39 is 0 Å². The van der Waals surface area contributed by atoms with Crippen molar-refractivity contribution in [2.75, 3.05) is 9.71 Å². The molecule has 0 radical (unpaired) electrons. The van der Waals surface area contributed by atoms with Crippen LogP contribution in [-0.2, 0) is 0 Å². The third-order valence-electron chi connectivity index (χ3n) is 8.88. The fourth-order valence-corrected chi connectivity index (χ4v) is 8.16.